The summed E-state index contributed by atoms with van der Waals surface area (Å²) in [7, 11) is 0. The fourth-order valence-electron chi connectivity index (χ4n) is 3.14. The number of furan rings is 1. The predicted octanol–water partition coefficient (Wildman–Crippen LogP) is 4.06. The van der Waals surface area contributed by atoms with Crippen LogP contribution in [0.4, 0.5) is 5.69 Å². The SMILES string of the molecule is O=C1CCC(c2cccc(NC(=O)c3ccc(COc4ccccc4)o3)c2)N1. The van der Waals surface area contributed by atoms with E-state index >= 15 is 0 Å². The van der Waals surface area contributed by atoms with Crippen molar-refractivity contribution < 1.29 is 18.7 Å². The minimum absolute atomic E-state index is 0.00490. The van der Waals surface area contributed by atoms with Crippen LogP contribution in [0.25, 0.3) is 0 Å². The molecule has 1 saturated heterocycles. The molecule has 2 N–H and O–H groups in total. The zero-order valence-corrected chi connectivity index (χ0v) is 15.2. The number of anilines is 1. The monoisotopic (exact) mass is 376 g/mol. The van der Waals surface area contributed by atoms with Crippen LogP contribution in [0, 0.1) is 0 Å². The number of rotatable bonds is 6. The lowest BCUT2D eigenvalue weighted by Crippen LogP contribution is -2.18. The summed E-state index contributed by atoms with van der Waals surface area (Å²) < 4.78 is 11.2. The van der Waals surface area contributed by atoms with Crippen LogP contribution in [-0.4, -0.2) is 11.8 Å². The molecular weight excluding hydrogens is 356 g/mol. The number of nitrogens with one attached hydrogen (secondary N) is 2. The van der Waals surface area contributed by atoms with Crippen molar-refractivity contribution in [3.05, 3.63) is 83.8 Å². The molecule has 6 nitrogen and oxygen atoms in total. The first-order chi connectivity index (χ1) is 13.7. The van der Waals surface area contributed by atoms with Crippen molar-refractivity contribution in [2.45, 2.75) is 25.5 Å². The van der Waals surface area contributed by atoms with Crippen molar-refractivity contribution in [3.63, 3.8) is 0 Å². The Balaban J connectivity index is 1.37. The second kappa shape index (κ2) is 8.00. The number of carbonyl (C=O) groups excluding carboxylic acids is 2. The number of hydrogen-bond donors (Lipinski definition) is 2. The van der Waals surface area contributed by atoms with Gasteiger partial charge in [0.2, 0.25) is 5.91 Å². The Hall–Kier alpha value is -3.54. The molecule has 0 radical (unpaired) electrons. The van der Waals surface area contributed by atoms with Gasteiger partial charge in [-0.1, -0.05) is 30.3 Å². The van der Waals surface area contributed by atoms with Crippen molar-refractivity contribution in [1.29, 1.82) is 0 Å². The number of benzene rings is 2. The molecule has 0 saturated carbocycles. The number of carbonyl (C=O) groups is 2. The van der Waals surface area contributed by atoms with Crippen LogP contribution >= 0.6 is 0 Å². The van der Waals surface area contributed by atoms with Gasteiger partial charge in [-0.3, -0.25) is 9.59 Å². The van der Waals surface area contributed by atoms with E-state index < -0.39 is 0 Å². The standard InChI is InChI=1S/C22H20N2O4/c25-21-12-10-19(24-21)15-5-4-6-16(13-15)23-22(26)20-11-9-18(28-20)14-27-17-7-2-1-3-8-17/h1-9,11,13,19H,10,12,14H2,(H,23,26)(H,24,25). The van der Waals surface area contributed by atoms with E-state index in [4.69, 9.17) is 9.15 Å². The van der Waals surface area contributed by atoms with Gasteiger partial charge in [0.15, 0.2) is 5.76 Å². The Kier molecular flexibility index (Phi) is 5.10. The average molecular weight is 376 g/mol. The summed E-state index contributed by atoms with van der Waals surface area (Å²) in [5, 5.41) is 5.76. The van der Waals surface area contributed by atoms with Crippen LogP contribution in [0.5, 0.6) is 5.75 Å². The van der Waals surface area contributed by atoms with Gasteiger partial charge in [0.1, 0.15) is 18.1 Å². The molecule has 28 heavy (non-hydrogen) atoms. The van der Waals surface area contributed by atoms with Crippen molar-refractivity contribution in [1.82, 2.24) is 5.32 Å². The molecule has 1 aliphatic rings. The third-order valence-corrected chi connectivity index (χ3v) is 4.55. The first kappa shape index (κ1) is 17.9. The highest BCUT2D eigenvalue weighted by Crippen LogP contribution is 2.26. The second-order valence-corrected chi connectivity index (χ2v) is 6.61. The summed E-state index contributed by atoms with van der Waals surface area (Å²) in [5.41, 5.74) is 1.63. The van der Waals surface area contributed by atoms with Gasteiger partial charge in [-0.2, -0.15) is 0 Å². The summed E-state index contributed by atoms with van der Waals surface area (Å²) >= 11 is 0. The lowest BCUT2D eigenvalue weighted by atomic mass is 10.0. The summed E-state index contributed by atoms with van der Waals surface area (Å²) in [6.45, 7) is 0.244. The first-order valence-corrected chi connectivity index (χ1v) is 9.14. The van der Waals surface area contributed by atoms with Gasteiger partial charge < -0.3 is 19.8 Å². The molecule has 1 aliphatic heterocycles. The van der Waals surface area contributed by atoms with Crippen LogP contribution in [0.15, 0.2) is 71.1 Å². The molecule has 2 amide bonds. The minimum atomic E-state index is -0.335. The van der Waals surface area contributed by atoms with E-state index in [1.165, 1.54) is 0 Å². The number of ether oxygens (including phenoxy) is 1. The van der Waals surface area contributed by atoms with E-state index in [2.05, 4.69) is 10.6 Å². The van der Waals surface area contributed by atoms with E-state index in [0.29, 0.717) is 17.9 Å². The number of hydrogen-bond acceptors (Lipinski definition) is 4. The average Bonchev–Trinajstić information content (AvgIpc) is 3.37. The van der Waals surface area contributed by atoms with Gasteiger partial charge in [-0.15, -0.1) is 0 Å². The maximum absolute atomic E-state index is 12.5. The summed E-state index contributed by atoms with van der Waals surface area (Å²) in [6.07, 6.45) is 1.29. The quantitative estimate of drug-likeness (QED) is 0.680. The van der Waals surface area contributed by atoms with Gasteiger partial charge in [0.25, 0.3) is 5.91 Å². The molecule has 2 heterocycles. The molecule has 3 aromatic rings. The molecule has 4 rings (SSSR count). The molecule has 2 aromatic carbocycles. The Morgan fingerprint density at radius 3 is 2.75 bits per heavy atom. The van der Waals surface area contributed by atoms with Crippen LogP contribution in [0.3, 0.4) is 0 Å². The van der Waals surface area contributed by atoms with Crippen molar-refractivity contribution in [2.24, 2.45) is 0 Å². The molecule has 0 aliphatic carbocycles. The van der Waals surface area contributed by atoms with Crippen LogP contribution < -0.4 is 15.4 Å². The molecule has 6 heteroatoms. The van der Waals surface area contributed by atoms with E-state index in [1.807, 2.05) is 48.5 Å². The predicted molar refractivity (Wildman–Crippen MR) is 104 cm³/mol. The lowest BCUT2D eigenvalue weighted by Gasteiger charge is -2.12. The smallest absolute Gasteiger partial charge is 0.291 e. The highest BCUT2D eigenvalue weighted by molar-refractivity contribution is 6.02. The van der Waals surface area contributed by atoms with E-state index in [-0.39, 0.29) is 30.2 Å². The van der Waals surface area contributed by atoms with Crippen molar-refractivity contribution in [2.75, 3.05) is 5.32 Å². The van der Waals surface area contributed by atoms with Gasteiger partial charge in [-0.25, -0.2) is 0 Å². The summed E-state index contributed by atoms with van der Waals surface area (Å²) in [6, 6.07) is 20.2. The lowest BCUT2D eigenvalue weighted by molar-refractivity contribution is -0.119. The molecule has 1 atom stereocenters. The maximum atomic E-state index is 12.5. The molecule has 1 aromatic heterocycles. The molecule has 142 valence electrons. The zero-order chi connectivity index (χ0) is 19.3. The fraction of sp³-hybridized carbons (Fsp3) is 0.182. The maximum Gasteiger partial charge on any atom is 0.291 e. The molecule has 0 spiro atoms. The van der Waals surface area contributed by atoms with Crippen molar-refractivity contribution >= 4 is 17.5 Å². The normalized spacial score (nSPS) is 15.9. The number of amides is 2. The Labute approximate surface area is 162 Å². The Morgan fingerprint density at radius 1 is 1.11 bits per heavy atom. The highest BCUT2D eigenvalue weighted by Gasteiger charge is 2.22. The first-order valence-electron chi connectivity index (χ1n) is 9.14. The molecule has 1 unspecified atom stereocenters. The fourth-order valence-corrected chi connectivity index (χ4v) is 3.14. The highest BCUT2D eigenvalue weighted by atomic mass is 16.5. The topological polar surface area (TPSA) is 80.6 Å². The third-order valence-electron chi connectivity index (χ3n) is 4.55. The van der Waals surface area contributed by atoms with E-state index in [9.17, 15) is 9.59 Å². The van der Waals surface area contributed by atoms with Crippen LogP contribution in [0.1, 0.15) is 40.8 Å². The number of para-hydroxylation sites is 1. The molecule has 1 fully saturated rings. The summed E-state index contributed by atoms with van der Waals surface area (Å²) in [5.74, 6) is 1.24. The second-order valence-electron chi connectivity index (χ2n) is 6.61. The largest absolute Gasteiger partial charge is 0.486 e. The van der Waals surface area contributed by atoms with Crippen LogP contribution in [-0.2, 0) is 11.4 Å². The van der Waals surface area contributed by atoms with Gasteiger partial charge in [0.05, 0.1) is 6.04 Å². The van der Waals surface area contributed by atoms with E-state index in [1.54, 1.807) is 18.2 Å². The minimum Gasteiger partial charge on any atom is -0.486 e. The van der Waals surface area contributed by atoms with Gasteiger partial charge in [-0.05, 0) is 48.4 Å². The molecule has 0 bridgehead atoms. The zero-order valence-electron chi connectivity index (χ0n) is 15.2. The summed E-state index contributed by atoms with van der Waals surface area (Å²) in [4.78, 5) is 23.9. The van der Waals surface area contributed by atoms with Gasteiger partial charge >= 0.3 is 0 Å². The van der Waals surface area contributed by atoms with Crippen molar-refractivity contribution in [3.8, 4) is 5.75 Å². The Morgan fingerprint density at radius 2 is 1.96 bits per heavy atom. The van der Waals surface area contributed by atoms with E-state index in [0.717, 1.165) is 17.7 Å². The molecular formula is C22H20N2O4. The van der Waals surface area contributed by atoms with Crippen LogP contribution in [0.2, 0.25) is 0 Å². The third kappa shape index (κ3) is 4.23. The Bertz CT molecular complexity index is 981. The van der Waals surface area contributed by atoms with Gasteiger partial charge in [0, 0.05) is 12.1 Å².